The molecule has 2 amide bonds. The average molecular weight is 295 g/mol. The molecule has 0 saturated carbocycles. The standard InChI is InChI=1S/C14H21N3O2S/c1-11(4-5-15)13(18)16-6-8-17(9-7-16)14(19)12-3-2-10-20-12/h2-3,10-11H,4-9,15H2,1H3. The van der Waals surface area contributed by atoms with Gasteiger partial charge in [0.2, 0.25) is 5.91 Å². The van der Waals surface area contributed by atoms with Gasteiger partial charge in [0.25, 0.3) is 5.91 Å². The number of thiophene rings is 1. The van der Waals surface area contributed by atoms with Gasteiger partial charge in [-0.05, 0) is 24.4 Å². The Balaban J connectivity index is 1.86. The van der Waals surface area contributed by atoms with Crippen LogP contribution in [0.2, 0.25) is 0 Å². The van der Waals surface area contributed by atoms with Crippen molar-refractivity contribution < 1.29 is 9.59 Å². The first kappa shape index (κ1) is 15.0. The lowest BCUT2D eigenvalue weighted by atomic mass is 10.1. The zero-order valence-corrected chi connectivity index (χ0v) is 12.6. The molecule has 1 unspecified atom stereocenters. The highest BCUT2D eigenvalue weighted by atomic mass is 32.1. The van der Waals surface area contributed by atoms with Crippen LogP contribution in [0.5, 0.6) is 0 Å². The predicted octanol–water partition coefficient (Wildman–Crippen LogP) is 1.02. The van der Waals surface area contributed by atoms with Crippen LogP contribution < -0.4 is 5.73 Å². The van der Waals surface area contributed by atoms with Crippen molar-refractivity contribution in [3.63, 3.8) is 0 Å². The second-order valence-corrected chi connectivity index (χ2v) is 6.02. The van der Waals surface area contributed by atoms with Crippen molar-refractivity contribution >= 4 is 23.2 Å². The number of carbonyl (C=O) groups excluding carboxylic acids is 2. The summed E-state index contributed by atoms with van der Waals surface area (Å²) in [5.41, 5.74) is 5.49. The molecule has 0 aromatic carbocycles. The molecule has 0 spiro atoms. The van der Waals surface area contributed by atoms with Crippen LogP contribution in [0.15, 0.2) is 17.5 Å². The monoisotopic (exact) mass is 295 g/mol. The quantitative estimate of drug-likeness (QED) is 0.902. The molecule has 0 radical (unpaired) electrons. The lowest BCUT2D eigenvalue weighted by molar-refractivity contribution is -0.136. The minimum atomic E-state index is -0.0282. The minimum absolute atomic E-state index is 0.0282. The molecular weight excluding hydrogens is 274 g/mol. The van der Waals surface area contributed by atoms with E-state index in [1.54, 1.807) is 0 Å². The molecule has 1 aliphatic heterocycles. The second-order valence-electron chi connectivity index (χ2n) is 5.07. The number of piperazine rings is 1. The van der Waals surface area contributed by atoms with E-state index in [9.17, 15) is 9.59 Å². The van der Waals surface area contributed by atoms with Gasteiger partial charge < -0.3 is 15.5 Å². The van der Waals surface area contributed by atoms with Gasteiger partial charge in [-0.1, -0.05) is 13.0 Å². The maximum Gasteiger partial charge on any atom is 0.264 e. The second kappa shape index (κ2) is 6.85. The van der Waals surface area contributed by atoms with Gasteiger partial charge in [-0.2, -0.15) is 0 Å². The van der Waals surface area contributed by atoms with Gasteiger partial charge in [0.15, 0.2) is 0 Å². The molecule has 110 valence electrons. The highest BCUT2D eigenvalue weighted by molar-refractivity contribution is 7.12. The smallest absolute Gasteiger partial charge is 0.264 e. The van der Waals surface area contributed by atoms with Crippen molar-refractivity contribution in [3.8, 4) is 0 Å². The first-order valence-corrected chi connectivity index (χ1v) is 7.83. The molecule has 1 saturated heterocycles. The molecule has 1 fully saturated rings. The predicted molar refractivity (Wildman–Crippen MR) is 79.6 cm³/mol. The van der Waals surface area contributed by atoms with Gasteiger partial charge in [-0.3, -0.25) is 9.59 Å². The van der Waals surface area contributed by atoms with E-state index in [1.165, 1.54) is 11.3 Å². The van der Waals surface area contributed by atoms with Crippen LogP contribution in [0.3, 0.4) is 0 Å². The van der Waals surface area contributed by atoms with Crippen LogP contribution in [0.4, 0.5) is 0 Å². The van der Waals surface area contributed by atoms with Gasteiger partial charge in [0, 0.05) is 32.1 Å². The van der Waals surface area contributed by atoms with Crippen molar-refractivity contribution in [2.24, 2.45) is 11.7 Å². The Morgan fingerprint density at radius 3 is 2.50 bits per heavy atom. The molecule has 1 aromatic rings. The highest BCUT2D eigenvalue weighted by Crippen LogP contribution is 2.15. The maximum atomic E-state index is 12.2. The molecule has 2 rings (SSSR count). The minimum Gasteiger partial charge on any atom is -0.339 e. The first-order valence-electron chi connectivity index (χ1n) is 6.95. The summed E-state index contributed by atoms with van der Waals surface area (Å²) < 4.78 is 0. The summed E-state index contributed by atoms with van der Waals surface area (Å²) in [6.07, 6.45) is 0.715. The zero-order valence-electron chi connectivity index (χ0n) is 11.7. The Morgan fingerprint density at radius 2 is 1.95 bits per heavy atom. The number of nitrogens with zero attached hydrogens (tertiary/aromatic N) is 2. The molecule has 0 aliphatic carbocycles. The third-order valence-corrected chi connectivity index (χ3v) is 4.49. The SMILES string of the molecule is CC(CCN)C(=O)N1CCN(C(=O)c2cccs2)CC1. The van der Waals surface area contributed by atoms with Crippen molar-refractivity contribution in [1.29, 1.82) is 0 Å². The molecule has 6 heteroatoms. The van der Waals surface area contributed by atoms with E-state index in [0.29, 0.717) is 39.1 Å². The lowest BCUT2D eigenvalue weighted by Gasteiger charge is -2.35. The van der Waals surface area contributed by atoms with Crippen molar-refractivity contribution in [3.05, 3.63) is 22.4 Å². The molecule has 1 atom stereocenters. The normalized spacial score (nSPS) is 17.1. The van der Waals surface area contributed by atoms with E-state index >= 15 is 0 Å². The summed E-state index contributed by atoms with van der Waals surface area (Å²) in [5.74, 6) is 0.195. The highest BCUT2D eigenvalue weighted by Gasteiger charge is 2.27. The van der Waals surface area contributed by atoms with Crippen LogP contribution in [0.1, 0.15) is 23.0 Å². The van der Waals surface area contributed by atoms with E-state index in [0.717, 1.165) is 4.88 Å². The molecular formula is C14H21N3O2S. The van der Waals surface area contributed by atoms with Crippen molar-refractivity contribution in [1.82, 2.24) is 9.80 Å². The van der Waals surface area contributed by atoms with Crippen molar-refractivity contribution in [2.45, 2.75) is 13.3 Å². The Labute approximate surface area is 123 Å². The summed E-state index contributed by atoms with van der Waals surface area (Å²) in [4.78, 5) is 28.8. The number of carbonyl (C=O) groups is 2. The summed E-state index contributed by atoms with van der Waals surface area (Å²) in [6, 6.07) is 3.72. The third kappa shape index (κ3) is 3.37. The number of hydrogen-bond acceptors (Lipinski definition) is 4. The van der Waals surface area contributed by atoms with E-state index in [4.69, 9.17) is 5.73 Å². The fraction of sp³-hybridized carbons (Fsp3) is 0.571. The molecule has 1 aliphatic rings. The lowest BCUT2D eigenvalue weighted by Crippen LogP contribution is -2.51. The van der Waals surface area contributed by atoms with Crippen LogP contribution in [0, 0.1) is 5.92 Å². The van der Waals surface area contributed by atoms with Gasteiger partial charge in [0.1, 0.15) is 0 Å². The van der Waals surface area contributed by atoms with Gasteiger partial charge >= 0.3 is 0 Å². The fourth-order valence-corrected chi connectivity index (χ4v) is 3.06. The van der Waals surface area contributed by atoms with E-state index in [-0.39, 0.29) is 17.7 Å². The summed E-state index contributed by atoms with van der Waals surface area (Å²) >= 11 is 1.46. The topological polar surface area (TPSA) is 66.6 Å². The van der Waals surface area contributed by atoms with Crippen LogP contribution in [-0.2, 0) is 4.79 Å². The fourth-order valence-electron chi connectivity index (χ4n) is 2.37. The van der Waals surface area contributed by atoms with Crippen LogP contribution in [0.25, 0.3) is 0 Å². The van der Waals surface area contributed by atoms with Crippen molar-refractivity contribution in [2.75, 3.05) is 32.7 Å². The summed E-state index contributed by atoms with van der Waals surface area (Å²) in [7, 11) is 0. The Kier molecular flexibility index (Phi) is 5.14. The van der Waals surface area contributed by atoms with Gasteiger partial charge in [-0.25, -0.2) is 0 Å². The van der Waals surface area contributed by atoms with E-state index < -0.39 is 0 Å². The van der Waals surface area contributed by atoms with E-state index in [1.807, 2.05) is 34.2 Å². The number of nitrogens with two attached hydrogens (primary N) is 1. The van der Waals surface area contributed by atoms with Crippen LogP contribution in [-0.4, -0.2) is 54.3 Å². The molecule has 2 heterocycles. The molecule has 0 bridgehead atoms. The Morgan fingerprint density at radius 1 is 1.30 bits per heavy atom. The number of rotatable bonds is 4. The Hall–Kier alpha value is -1.40. The third-order valence-electron chi connectivity index (χ3n) is 3.63. The number of amides is 2. The number of hydrogen-bond donors (Lipinski definition) is 1. The average Bonchev–Trinajstić information content (AvgIpc) is 3.00. The molecule has 5 nitrogen and oxygen atoms in total. The van der Waals surface area contributed by atoms with Gasteiger partial charge in [0.05, 0.1) is 4.88 Å². The van der Waals surface area contributed by atoms with Crippen LogP contribution >= 0.6 is 11.3 Å². The van der Waals surface area contributed by atoms with E-state index in [2.05, 4.69) is 0 Å². The van der Waals surface area contributed by atoms with Gasteiger partial charge in [-0.15, -0.1) is 11.3 Å². The molecule has 2 N–H and O–H groups in total. The Bertz CT molecular complexity index is 453. The largest absolute Gasteiger partial charge is 0.339 e. The molecule has 20 heavy (non-hydrogen) atoms. The maximum absolute atomic E-state index is 12.2. The zero-order chi connectivity index (χ0) is 14.5. The molecule has 1 aromatic heterocycles. The first-order chi connectivity index (χ1) is 9.63. The summed E-state index contributed by atoms with van der Waals surface area (Å²) in [6.45, 7) is 4.90. The summed E-state index contributed by atoms with van der Waals surface area (Å²) in [5, 5.41) is 1.90.